The van der Waals surface area contributed by atoms with E-state index in [4.69, 9.17) is 23.2 Å². The molecule has 0 fully saturated rings. The summed E-state index contributed by atoms with van der Waals surface area (Å²) in [5.41, 5.74) is 0.502. The third kappa shape index (κ3) is 7.07. The molecule has 4 nitrogen and oxygen atoms in total. The second kappa shape index (κ2) is 9.18. The van der Waals surface area contributed by atoms with Crippen LogP contribution < -0.4 is 5.32 Å². The van der Waals surface area contributed by atoms with Crippen LogP contribution in [-0.2, 0) is 14.3 Å². The van der Waals surface area contributed by atoms with Gasteiger partial charge in [-0.1, -0.05) is 30.1 Å². The molecule has 1 aromatic carbocycles. The van der Waals surface area contributed by atoms with Crippen molar-refractivity contribution in [3.8, 4) is 0 Å². The minimum atomic E-state index is -0.245. The van der Waals surface area contributed by atoms with Gasteiger partial charge in [0, 0.05) is 22.4 Å². The predicted molar refractivity (Wildman–Crippen MR) is 88.3 cm³/mol. The van der Waals surface area contributed by atoms with Crippen molar-refractivity contribution in [1.29, 1.82) is 0 Å². The van der Waals surface area contributed by atoms with Gasteiger partial charge in [0.25, 0.3) is 0 Å². The summed E-state index contributed by atoms with van der Waals surface area (Å²) in [5.74, 6) is 0.226. The number of benzene rings is 1. The number of hydrogen-bond donors (Lipinski definition) is 1. The number of carbonyl (C=O) groups excluding carboxylic acids is 2. The Bertz CT molecular complexity index is 511. The van der Waals surface area contributed by atoms with Crippen LogP contribution in [0.25, 0.3) is 0 Å². The summed E-state index contributed by atoms with van der Waals surface area (Å²) in [7, 11) is 1.36. The number of esters is 1. The van der Waals surface area contributed by atoms with Crippen molar-refractivity contribution in [1.82, 2.24) is 0 Å². The Morgan fingerprint density at radius 2 is 2.10 bits per heavy atom. The van der Waals surface area contributed by atoms with Crippen LogP contribution in [0, 0.1) is 0 Å². The number of rotatable bonds is 7. The summed E-state index contributed by atoms with van der Waals surface area (Å²) in [4.78, 5) is 22.9. The first-order valence-electron chi connectivity index (χ1n) is 6.35. The molecule has 116 valence electrons. The normalized spacial score (nSPS) is 11.8. The van der Waals surface area contributed by atoms with Crippen LogP contribution in [0.4, 0.5) is 5.69 Å². The maximum Gasteiger partial charge on any atom is 0.306 e. The van der Waals surface area contributed by atoms with Gasteiger partial charge in [0.15, 0.2) is 0 Å². The third-order valence-electron chi connectivity index (χ3n) is 2.62. The fourth-order valence-electron chi connectivity index (χ4n) is 1.54. The molecule has 1 rings (SSSR count). The summed E-state index contributed by atoms with van der Waals surface area (Å²) < 4.78 is 4.59. The van der Waals surface area contributed by atoms with Crippen LogP contribution in [0.3, 0.4) is 0 Å². The lowest BCUT2D eigenvalue weighted by atomic mass is 10.3. The summed E-state index contributed by atoms with van der Waals surface area (Å²) in [6, 6.07) is 4.89. The van der Waals surface area contributed by atoms with Gasteiger partial charge < -0.3 is 10.1 Å². The zero-order valence-electron chi connectivity index (χ0n) is 11.8. The summed E-state index contributed by atoms with van der Waals surface area (Å²) >= 11 is 13.4. The van der Waals surface area contributed by atoms with E-state index < -0.39 is 0 Å². The molecule has 0 spiro atoms. The van der Waals surface area contributed by atoms with Crippen molar-refractivity contribution in [3.63, 3.8) is 0 Å². The molecule has 0 bridgehead atoms. The van der Waals surface area contributed by atoms with Gasteiger partial charge in [0.1, 0.15) is 0 Å². The zero-order chi connectivity index (χ0) is 15.8. The van der Waals surface area contributed by atoms with E-state index in [0.717, 1.165) is 0 Å². The third-order valence-corrected chi connectivity index (χ3v) is 4.36. The van der Waals surface area contributed by atoms with Crippen molar-refractivity contribution in [2.24, 2.45) is 0 Å². The number of anilines is 1. The van der Waals surface area contributed by atoms with Crippen molar-refractivity contribution in [2.45, 2.75) is 25.0 Å². The Balaban J connectivity index is 2.34. The van der Waals surface area contributed by atoms with E-state index in [1.54, 1.807) is 30.0 Å². The zero-order valence-corrected chi connectivity index (χ0v) is 14.1. The Labute approximate surface area is 138 Å². The number of thioether (sulfide) groups is 1. The van der Waals surface area contributed by atoms with Gasteiger partial charge in [-0.3, -0.25) is 9.59 Å². The van der Waals surface area contributed by atoms with E-state index in [1.165, 1.54) is 7.11 Å². The molecule has 1 amide bonds. The molecule has 0 saturated carbocycles. The van der Waals surface area contributed by atoms with Gasteiger partial charge in [-0.15, -0.1) is 0 Å². The topological polar surface area (TPSA) is 55.4 Å². The number of hydrogen-bond acceptors (Lipinski definition) is 4. The molecule has 0 aliphatic carbocycles. The van der Waals surface area contributed by atoms with Gasteiger partial charge in [0.05, 0.1) is 24.2 Å². The van der Waals surface area contributed by atoms with E-state index in [9.17, 15) is 9.59 Å². The van der Waals surface area contributed by atoms with Gasteiger partial charge in [-0.05, 0) is 18.2 Å². The van der Waals surface area contributed by atoms with E-state index in [0.29, 0.717) is 34.3 Å². The first-order valence-corrected chi connectivity index (χ1v) is 8.16. The smallest absolute Gasteiger partial charge is 0.306 e. The van der Waals surface area contributed by atoms with E-state index in [1.807, 2.05) is 6.92 Å². The van der Waals surface area contributed by atoms with Crippen LogP contribution in [0.1, 0.15) is 19.8 Å². The molecule has 0 aromatic heterocycles. The first kappa shape index (κ1) is 18.1. The lowest BCUT2D eigenvalue weighted by Crippen LogP contribution is -2.14. The monoisotopic (exact) mass is 349 g/mol. The lowest BCUT2D eigenvalue weighted by Gasteiger charge is -2.10. The minimum Gasteiger partial charge on any atom is -0.469 e. The van der Waals surface area contributed by atoms with Crippen molar-refractivity contribution >= 4 is 52.5 Å². The maximum absolute atomic E-state index is 11.8. The Hall–Kier alpha value is -0.910. The first-order chi connectivity index (χ1) is 9.92. The highest BCUT2D eigenvalue weighted by Gasteiger charge is 2.11. The van der Waals surface area contributed by atoms with E-state index >= 15 is 0 Å². The molecule has 0 radical (unpaired) electrons. The summed E-state index contributed by atoms with van der Waals surface area (Å²) in [6.45, 7) is 1.92. The average molecular weight is 350 g/mol. The molecule has 1 atom stereocenters. The quantitative estimate of drug-likeness (QED) is 0.755. The fraction of sp³-hybridized carbons (Fsp3) is 0.429. The second-order valence-electron chi connectivity index (χ2n) is 4.38. The van der Waals surface area contributed by atoms with Gasteiger partial charge in [0.2, 0.25) is 5.91 Å². The number of carbonyl (C=O) groups is 2. The molecular weight excluding hydrogens is 333 g/mol. The van der Waals surface area contributed by atoms with Crippen LogP contribution in [-0.4, -0.2) is 30.0 Å². The Morgan fingerprint density at radius 3 is 2.76 bits per heavy atom. The highest BCUT2D eigenvalue weighted by Crippen LogP contribution is 2.25. The number of ether oxygens (including phenoxy) is 1. The molecule has 1 aromatic rings. The molecule has 0 aliphatic heterocycles. The van der Waals surface area contributed by atoms with E-state index in [2.05, 4.69) is 10.1 Å². The van der Waals surface area contributed by atoms with Crippen molar-refractivity contribution in [2.75, 3.05) is 18.2 Å². The standard InChI is InChI=1S/C14H17Cl2NO3S/c1-9(7-14(19)20-2)21-6-5-13(18)17-12-8-10(15)3-4-11(12)16/h3-4,8-9H,5-7H2,1-2H3,(H,17,18). The lowest BCUT2D eigenvalue weighted by molar-refractivity contribution is -0.140. The molecular formula is C14H17Cl2NO3S. The van der Waals surface area contributed by atoms with Gasteiger partial charge >= 0.3 is 5.97 Å². The minimum absolute atomic E-state index is 0.111. The molecule has 0 aliphatic rings. The largest absolute Gasteiger partial charge is 0.469 e. The Morgan fingerprint density at radius 1 is 1.38 bits per heavy atom. The molecule has 1 N–H and O–H groups in total. The van der Waals surface area contributed by atoms with Gasteiger partial charge in [-0.25, -0.2) is 0 Å². The predicted octanol–water partition coefficient (Wildman–Crippen LogP) is 4.01. The maximum atomic E-state index is 11.8. The molecule has 7 heteroatoms. The second-order valence-corrected chi connectivity index (χ2v) is 6.77. The van der Waals surface area contributed by atoms with Crippen LogP contribution in [0.5, 0.6) is 0 Å². The van der Waals surface area contributed by atoms with Crippen molar-refractivity contribution < 1.29 is 14.3 Å². The number of halogens is 2. The Kier molecular flexibility index (Phi) is 7.93. The number of amides is 1. The average Bonchev–Trinajstić information content (AvgIpc) is 2.42. The van der Waals surface area contributed by atoms with Crippen LogP contribution in [0.15, 0.2) is 18.2 Å². The van der Waals surface area contributed by atoms with Crippen LogP contribution in [0.2, 0.25) is 10.0 Å². The fourth-order valence-corrected chi connectivity index (χ4v) is 2.83. The van der Waals surface area contributed by atoms with Crippen LogP contribution >= 0.6 is 35.0 Å². The van der Waals surface area contributed by atoms with Crippen molar-refractivity contribution in [3.05, 3.63) is 28.2 Å². The highest BCUT2D eigenvalue weighted by molar-refractivity contribution is 7.99. The summed E-state index contributed by atoms with van der Waals surface area (Å²) in [5, 5.41) is 3.78. The number of methoxy groups -OCH3 is 1. The molecule has 21 heavy (non-hydrogen) atoms. The highest BCUT2D eigenvalue weighted by atomic mass is 35.5. The molecule has 0 saturated heterocycles. The van der Waals surface area contributed by atoms with Gasteiger partial charge in [-0.2, -0.15) is 11.8 Å². The number of nitrogens with one attached hydrogen (secondary N) is 1. The van der Waals surface area contributed by atoms with E-state index in [-0.39, 0.29) is 17.1 Å². The molecule has 0 heterocycles. The SMILES string of the molecule is COC(=O)CC(C)SCCC(=O)Nc1cc(Cl)ccc1Cl. The summed E-state index contributed by atoms with van der Waals surface area (Å²) in [6.07, 6.45) is 0.669. The molecule has 1 unspecified atom stereocenters.